The second kappa shape index (κ2) is 4.85. The lowest BCUT2D eigenvalue weighted by Crippen LogP contribution is -2.43. The average molecular weight is 289 g/mol. The zero-order valence-electron chi connectivity index (χ0n) is 9.89. The molecule has 2 heterocycles. The number of carbonyl (C=O) groups excluding carboxylic acids is 1. The Morgan fingerprint density at radius 2 is 2.00 bits per heavy atom. The van der Waals surface area contributed by atoms with E-state index in [0.29, 0.717) is 10.6 Å². The van der Waals surface area contributed by atoms with Crippen molar-refractivity contribution in [2.45, 2.75) is 6.92 Å². The Hall–Kier alpha value is -1.14. The molecule has 7 heteroatoms. The van der Waals surface area contributed by atoms with Gasteiger partial charge in [-0.2, -0.15) is 0 Å². The Morgan fingerprint density at radius 1 is 1.39 bits per heavy atom. The number of aryl methyl sites for hydroxylation is 1. The highest BCUT2D eigenvalue weighted by molar-refractivity contribution is 7.91. The van der Waals surface area contributed by atoms with Crippen LogP contribution >= 0.6 is 11.6 Å². The average Bonchev–Trinajstić information content (AvgIpc) is 2.28. The summed E-state index contributed by atoms with van der Waals surface area (Å²) in [6.07, 6.45) is 1.43. The molecule has 1 fully saturated rings. The van der Waals surface area contributed by atoms with Crippen LogP contribution < -0.4 is 0 Å². The molecule has 1 saturated heterocycles. The Kier molecular flexibility index (Phi) is 3.59. The number of nitrogens with zero attached hydrogens (tertiary/aromatic N) is 2. The first-order valence-electron chi connectivity index (χ1n) is 5.51. The minimum atomic E-state index is -2.99. The summed E-state index contributed by atoms with van der Waals surface area (Å²) in [5, 5.41) is 0.348. The van der Waals surface area contributed by atoms with Gasteiger partial charge in [-0.15, -0.1) is 0 Å². The predicted octanol–water partition coefficient (Wildman–Crippen LogP) is 0.914. The number of aromatic nitrogens is 1. The van der Waals surface area contributed by atoms with Crippen LogP contribution in [0.2, 0.25) is 5.02 Å². The van der Waals surface area contributed by atoms with E-state index in [1.165, 1.54) is 11.1 Å². The van der Waals surface area contributed by atoms with Gasteiger partial charge in [0.1, 0.15) is 0 Å². The number of amides is 1. The molecule has 0 N–H and O–H groups in total. The van der Waals surface area contributed by atoms with Crippen molar-refractivity contribution in [1.82, 2.24) is 9.88 Å². The standard InChI is InChI=1S/C11H13ClN2O3S/c1-8-6-10(12)9(7-13-8)11(15)14-2-4-18(16,17)5-3-14/h6-7H,2-5H2,1H3. The summed E-state index contributed by atoms with van der Waals surface area (Å²) < 4.78 is 22.6. The van der Waals surface area contributed by atoms with Crippen molar-refractivity contribution < 1.29 is 13.2 Å². The van der Waals surface area contributed by atoms with E-state index >= 15 is 0 Å². The summed E-state index contributed by atoms with van der Waals surface area (Å²) in [5.74, 6) is -0.243. The van der Waals surface area contributed by atoms with Gasteiger partial charge in [0.05, 0.1) is 22.1 Å². The van der Waals surface area contributed by atoms with Crippen LogP contribution in [0.3, 0.4) is 0 Å². The van der Waals surface area contributed by atoms with Crippen LogP contribution in [0, 0.1) is 6.92 Å². The molecule has 0 bridgehead atoms. The van der Waals surface area contributed by atoms with E-state index in [1.54, 1.807) is 13.0 Å². The van der Waals surface area contributed by atoms with Crippen LogP contribution in [0.15, 0.2) is 12.3 Å². The van der Waals surface area contributed by atoms with Crippen LogP contribution in [0.1, 0.15) is 16.1 Å². The molecule has 18 heavy (non-hydrogen) atoms. The Labute approximate surface area is 111 Å². The molecule has 1 aromatic rings. The van der Waals surface area contributed by atoms with Gasteiger partial charge >= 0.3 is 0 Å². The van der Waals surface area contributed by atoms with Crippen molar-refractivity contribution in [3.8, 4) is 0 Å². The fourth-order valence-electron chi connectivity index (χ4n) is 1.77. The van der Waals surface area contributed by atoms with Crippen LogP contribution in [0.5, 0.6) is 0 Å². The predicted molar refractivity (Wildman–Crippen MR) is 68.5 cm³/mol. The van der Waals surface area contributed by atoms with Gasteiger partial charge in [-0.1, -0.05) is 11.6 Å². The minimum absolute atomic E-state index is 0.00957. The summed E-state index contributed by atoms with van der Waals surface area (Å²) in [5.41, 5.74) is 1.05. The molecule has 0 unspecified atom stereocenters. The molecule has 0 radical (unpaired) electrons. The third-order valence-corrected chi connectivity index (χ3v) is 4.77. The third-order valence-electron chi connectivity index (χ3n) is 2.85. The van der Waals surface area contributed by atoms with Crippen molar-refractivity contribution >= 4 is 27.3 Å². The molecule has 0 saturated carbocycles. The third kappa shape index (κ3) is 2.81. The van der Waals surface area contributed by atoms with E-state index in [2.05, 4.69) is 4.98 Å². The Balaban J connectivity index is 2.17. The largest absolute Gasteiger partial charge is 0.337 e. The Morgan fingerprint density at radius 3 is 2.56 bits per heavy atom. The Bertz CT molecular complexity index is 572. The van der Waals surface area contributed by atoms with E-state index in [1.807, 2.05) is 0 Å². The molecule has 2 rings (SSSR count). The summed E-state index contributed by atoms with van der Waals surface area (Å²) >= 11 is 5.99. The molecule has 1 aromatic heterocycles. The quantitative estimate of drug-likeness (QED) is 0.770. The van der Waals surface area contributed by atoms with Gasteiger partial charge in [0.2, 0.25) is 0 Å². The van der Waals surface area contributed by atoms with E-state index in [9.17, 15) is 13.2 Å². The van der Waals surface area contributed by atoms with Crippen molar-refractivity contribution in [1.29, 1.82) is 0 Å². The summed E-state index contributed by atoms with van der Waals surface area (Å²) in [7, 11) is -2.99. The van der Waals surface area contributed by atoms with Crippen molar-refractivity contribution in [3.63, 3.8) is 0 Å². The molecule has 98 valence electrons. The van der Waals surface area contributed by atoms with Gasteiger partial charge in [0, 0.05) is 25.0 Å². The molecule has 1 aliphatic rings. The first-order chi connectivity index (χ1) is 8.39. The van der Waals surface area contributed by atoms with Crippen molar-refractivity contribution in [2.24, 2.45) is 0 Å². The normalized spacial score (nSPS) is 18.7. The van der Waals surface area contributed by atoms with Crippen LogP contribution in [0.4, 0.5) is 0 Å². The molecule has 1 aliphatic heterocycles. The molecule has 1 amide bonds. The molecular weight excluding hydrogens is 276 g/mol. The highest BCUT2D eigenvalue weighted by Gasteiger charge is 2.26. The SMILES string of the molecule is Cc1cc(Cl)c(C(=O)N2CCS(=O)(=O)CC2)cn1. The highest BCUT2D eigenvalue weighted by Crippen LogP contribution is 2.18. The van der Waals surface area contributed by atoms with Gasteiger partial charge < -0.3 is 4.90 Å². The van der Waals surface area contributed by atoms with Crippen molar-refractivity contribution in [2.75, 3.05) is 24.6 Å². The number of rotatable bonds is 1. The van der Waals surface area contributed by atoms with E-state index in [-0.39, 0.29) is 30.5 Å². The smallest absolute Gasteiger partial charge is 0.256 e. The number of carbonyl (C=O) groups is 1. The van der Waals surface area contributed by atoms with Gasteiger partial charge in [-0.3, -0.25) is 9.78 Å². The maximum absolute atomic E-state index is 12.1. The maximum atomic E-state index is 12.1. The lowest BCUT2D eigenvalue weighted by Gasteiger charge is -2.26. The number of pyridine rings is 1. The summed E-state index contributed by atoms with van der Waals surface area (Å²) in [4.78, 5) is 17.7. The number of halogens is 1. The zero-order chi connectivity index (χ0) is 13.3. The number of sulfone groups is 1. The fourth-order valence-corrected chi connectivity index (χ4v) is 3.26. The fraction of sp³-hybridized carbons (Fsp3) is 0.455. The molecule has 0 aliphatic carbocycles. The molecular formula is C11H13ClN2O3S. The first-order valence-corrected chi connectivity index (χ1v) is 7.71. The zero-order valence-corrected chi connectivity index (χ0v) is 11.5. The number of hydrogen-bond donors (Lipinski definition) is 0. The molecule has 0 atom stereocenters. The van der Waals surface area contributed by atoms with E-state index in [0.717, 1.165) is 5.69 Å². The molecule has 5 nitrogen and oxygen atoms in total. The molecule has 0 aromatic carbocycles. The lowest BCUT2D eigenvalue weighted by molar-refractivity contribution is 0.0770. The van der Waals surface area contributed by atoms with Gasteiger partial charge in [0.15, 0.2) is 9.84 Å². The second-order valence-corrected chi connectivity index (χ2v) is 6.96. The van der Waals surface area contributed by atoms with E-state index < -0.39 is 9.84 Å². The van der Waals surface area contributed by atoms with Gasteiger partial charge in [0.25, 0.3) is 5.91 Å². The maximum Gasteiger partial charge on any atom is 0.256 e. The summed E-state index contributed by atoms with van der Waals surface area (Å²) in [6.45, 7) is 2.21. The second-order valence-electron chi connectivity index (χ2n) is 4.25. The molecule has 0 spiro atoms. The topological polar surface area (TPSA) is 67.3 Å². The van der Waals surface area contributed by atoms with Crippen molar-refractivity contribution in [3.05, 3.63) is 28.5 Å². The van der Waals surface area contributed by atoms with Crippen LogP contribution in [-0.4, -0.2) is 48.8 Å². The van der Waals surface area contributed by atoms with Gasteiger partial charge in [-0.05, 0) is 13.0 Å². The monoisotopic (exact) mass is 288 g/mol. The minimum Gasteiger partial charge on any atom is -0.337 e. The van der Waals surface area contributed by atoms with Crippen LogP contribution in [0.25, 0.3) is 0 Å². The lowest BCUT2D eigenvalue weighted by atomic mass is 10.2. The van der Waals surface area contributed by atoms with Crippen LogP contribution in [-0.2, 0) is 9.84 Å². The highest BCUT2D eigenvalue weighted by atomic mass is 35.5. The van der Waals surface area contributed by atoms with Gasteiger partial charge in [-0.25, -0.2) is 8.42 Å². The van der Waals surface area contributed by atoms with E-state index in [4.69, 9.17) is 11.6 Å². The first kappa shape index (κ1) is 13.3. The summed E-state index contributed by atoms with van der Waals surface area (Å²) in [6, 6.07) is 1.62. The number of hydrogen-bond acceptors (Lipinski definition) is 4.